The van der Waals surface area contributed by atoms with Gasteiger partial charge in [-0.05, 0) is 13.3 Å². The van der Waals surface area contributed by atoms with Crippen LogP contribution in [0.1, 0.15) is 13.3 Å². The number of hydrogen-bond acceptors (Lipinski definition) is 4. The molecule has 1 heterocycles. The summed E-state index contributed by atoms with van der Waals surface area (Å²) in [5.74, 6) is -0.0148. The van der Waals surface area contributed by atoms with E-state index in [-0.39, 0.29) is 19.1 Å². The van der Waals surface area contributed by atoms with E-state index < -0.39 is 0 Å². The van der Waals surface area contributed by atoms with Gasteiger partial charge in [0.2, 0.25) is 5.91 Å². The van der Waals surface area contributed by atoms with E-state index in [2.05, 4.69) is 5.10 Å². The predicted octanol–water partition coefficient (Wildman–Crippen LogP) is -0.304. The molecule has 0 aromatic carbocycles. The molecule has 1 aromatic heterocycles. The van der Waals surface area contributed by atoms with Crippen molar-refractivity contribution in [3.05, 3.63) is 12.4 Å². The quantitative estimate of drug-likeness (QED) is 0.697. The third kappa shape index (κ3) is 3.54. The van der Waals surface area contributed by atoms with Crippen molar-refractivity contribution >= 4 is 11.6 Å². The number of aliphatic hydroxyl groups excluding tert-OH is 1. The number of amides is 1. The first-order valence-electron chi connectivity index (χ1n) is 5.34. The van der Waals surface area contributed by atoms with Gasteiger partial charge in [-0.25, -0.2) is 0 Å². The van der Waals surface area contributed by atoms with Gasteiger partial charge in [-0.15, -0.1) is 0 Å². The van der Waals surface area contributed by atoms with Gasteiger partial charge >= 0.3 is 0 Å². The van der Waals surface area contributed by atoms with Crippen LogP contribution in [0.4, 0.5) is 5.69 Å². The third-order valence-electron chi connectivity index (χ3n) is 2.27. The highest BCUT2D eigenvalue weighted by molar-refractivity contribution is 5.75. The van der Waals surface area contributed by atoms with Crippen LogP contribution in [0.25, 0.3) is 0 Å². The zero-order chi connectivity index (χ0) is 12.0. The molecule has 90 valence electrons. The Kier molecular flexibility index (Phi) is 4.78. The van der Waals surface area contributed by atoms with Crippen LogP contribution in [0.15, 0.2) is 12.4 Å². The number of rotatable bonds is 6. The normalized spacial score (nSPS) is 10.4. The standard InChI is InChI=1S/C10H18N4O2/c1-2-13(4-3-5-15)10(16)8-14-7-9(11)6-12-14/h6-7,15H,2-5,8,11H2,1H3. The van der Waals surface area contributed by atoms with E-state index >= 15 is 0 Å². The monoisotopic (exact) mass is 226 g/mol. The average molecular weight is 226 g/mol. The largest absolute Gasteiger partial charge is 0.396 e. The lowest BCUT2D eigenvalue weighted by molar-refractivity contribution is -0.132. The molecule has 16 heavy (non-hydrogen) atoms. The first-order valence-corrected chi connectivity index (χ1v) is 5.34. The zero-order valence-corrected chi connectivity index (χ0v) is 9.46. The molecule has 1 rings (SSSR count). The van der Waals surface area contributed by atoms with Crippen LogP contribution >= 0.6 is 0 Å². The SMILES string of the molecule is CCN(CCCO)C(=O)Cn1cc(N)cn1. The lowest BCUT2D eigenvalue weighted by Crippen LogP contribution is -2.35. The van der Waals surface area contributed by atoms with Crippen LogP contribution in [0.5, 0.6) is 0 Å². The summed E-state index contributed by atoms with van der Waals surface area (Å²) < 4.78 is 1.51. The Morgan fingerprint density at radius 3 is 2.94 bits per heavy atom. The number of nitrogens with zero attached hydrogens (tertiary/aromatic N) is 3. The molecule has 0 bridgehead atoms. The summed E-state index contributed by atoms with van der Waals surface area (Å²) in [7, 11) is 0. The lowest BCUT2D eigenvalue weighted by Gasteiger charge is -2.20. The van der Waals surface area contributed by atoms with Gasteiger partial charge in [0.25, 0.3) is 0 Å². The average Bonchev–Trinajstić information content (AvgIpc) is 2.65. The van der Waals surface area contributed by atoms with Crippen LogP contribution in [-0.4, -0.2) is 45.4 Å². The first kappa shape index (κ1) is 12.5. The molecule has 0 saturated carbocycles. The minimum absolute atomic E-state index is 0.0148. The molecular weight excluding hydrogens is 208 g/mol. The summed E-state index contributed by atoms with van der Waals surface area (Å²) in [6.07, 6.45) is 3.73. The molecule has 1 aromatic rings. The molecular formula is C10H18N4O2. The van der Waals surface area contributed by atoms with E-state index in [4.69, 9.17) is 10.8 Å². The summed E-state index contributed by atoms with van der Waals surface area (Å²) in [6.45, 7) is 3.40. The molecule has 6 nitrogen and oxygen atoms in total. The lowest BCUT2D eigenvalue weighted by atomic mass is 10.3. The van der Waals surface area contributed by atoms with Crippen LogP contribution in [0.2, 0.25) is 0 Å². The van der Waals surface area contributed by atoms with Crippen LogP contribution in [0, 0.1) is 0 Å². The molecule has 6 heteroatoms. The molecule has 0 radical (unpaired) electrons. The van der Waals surface area contributed by atoms with E-state index in [1.807, 2.05) is 6.92 Å². The minimum atomic E-state index is -0.0148. The summed E-state index contributed by atoms with van der Waals surface area (Å²) in [5.41, 5.74) is 6.05. The fourth-order valence-electron chi connectivity index (χ4n) is 1.43. The summed E-state index contributed by atoms with van der Waals surface area (Å²) in [5, 5.41) is 12.7. The van der Waals surface area contributed by atoms with Crippen LogP contribution in [-0.2, 0) is 11.3 Å². The number of aromatic nitrogens is 2. The molecule has 0 aliphatic carbocycles. The zero-order valence-electron chi connectivity index (χ0n) is 9.46. The van der Waals surface area contributed by atoms with Gasteiger partial charge in [0.1, 0.15) is 6.54 Å². The second-order valence-electron chi connectivity index (χ2n) is 3.52. The summed E-state index contributed by atoms with van der Waals surface area (Å²) >= 11 is 0. The fourth-order valence-corrected chi connectivity index (χ4v) is 1.43. The molecule has 0 unspecified atom stereocenters. The van der Waals surface area contributed by atoms with Gasteiger partial charge in [0, 0.05) is 25.9 Å². The van der Waals surface area contributed by atoms with Gasteiger partial charge in [-0.3, -0.25) is 9.48 Å². The van der Waals surface area contributed by atoms with Crippen LogP contribution in [0.3, 0.4) is 0 Å². The fraction of sp³-hybridized carbons (Fsp3) is 0.600. The van der Waals surface area contributed by atoms with Gasteiger partial charge in [-0.1, -0.05) is 0 Å². The highest BCUT2D eigenvalue weighted by Crippen LogP contribution is 2.00. The summed E-state index contributed by atoms with van der Waals surface area (Å²) in [4.78, 5) is 13.5. The smallest absolute Gasteiger partial charge is 0.244 e. The van der Waals surface area contributed by atoms with Crippen molar-refractivity contribution in [3.63, 3.8) is 0 Å². The number of nitrogens with two attached hydrogens (primary N) is 1. The number of nitrogen functional groups attached to an aromatic ring is 1. The Morgan fingerprint density at radius 2 is 2.44 bits per heavy atom. The minimum Gasteiger partial charge on any atom is -0.396 e. The highest BCUT2D eigenvalue weighted by Gasteiger charge is 2.11. The Balaban J connectivity index is 2.49. The molecule has 1 amide bonds. The van der Waals surface area contributed by atoms with Crippen molar-refractivity contribution in [2.24, 2.45) is 0 Å². The number of carbonyl (C=O) groups is 1. The number of likely N-dealkylation sites (N-methyl/N-ethyl adjacent to an activating group) is 1. The number of aliphatic hydroxyl groups is 1. The van der Waals surface area contributed by atoms with E-state index in [0.717, 1.165) is 0 Å². The Morgan fingerprint density at radius 1 is 1.69 bits per heavy atom. The van der Waals surface area contributed by atoms with Crippen molar-refractivity contribution in [2.45, 2.75) is 19.9 Å². The van der Waals surface area contributed by atoms with Gasteiger partial charge in [-0.2, -0.15) is 5.10 Å². The van der Waals surface area contributed by atoms with E-state index in [1.54, 1.807) is 11.1 Å². The number of anilines is 1. The molecule has 0 aliphatic heterocycles. The van der Waals surface area contributed by atoms with Crippen molar-refractivity contribution in [2.75, 3.05) is 25.4 Å². The molecule has 3 N–H and O–H groups in total. The molecule has 0 saturated heterocycles. The van der Waals surface area contributed by atoms with Gasteiger partial charge in [0.15, 0.2) is 0 Å². The molecule has 0 aliphatic rings. The van der Waals surface area contributed by atoms with E-state index in [9.17, 15) is 4.79 Å². The highest BCUT2D eigenvalue weighted by atomic mass is 16.3. The molecule has 0 fully saturated rings. The Labute approximate surface area is 94.6 Å². The summed E-state index contributed by atoms with van der Waals surface area (Å²) in [6, 6.07) is 0. The Bertz CT molecular complexity index is 337. The predicted molar refractivity (Wildman–Crippen MR) is 60.6 cm³/mol. The van der Waals surface area contributed by atoms with E-state index in [0.29, 0.717) is 25.2 Å². The van der Waals surface area contributed by atoms with Gasteiger partial charge in [0.05, 0.1) is 11.9 Å². The number of hydrogen-bond donors (Lipinski definition) is 2. The number of carbonyl (C=O) groups excluding carboxylic acids is 1. The second kappa shape index (κ2) is 6.12. The van der Waals surface area contributed by atoms with Crippen LogP contribution < -0.4 is 5.73 Å². The van der Waals surface area contributed by atoms with Crippen molar-refractivity contribution in [1.29, 1.82) is 0 Å². The molecule has 0 spiro atoms. The maximum absolute atomic E-state index is 11.8. The van der Waals surface area contributed by atoms with E-state index in [1.165, 1.54) is 10.9 Å². The first-order chi connectivity index (χ1) is 7.67. The van der Waals surface area contributed by atoms with Crippen molar-refractivity contribution in [3.8, 4) is 0 Å². The maximum Gasteiger partial charge on any atom is 0.244 e. The second-order valence-corrected chi connectivity index (χ2v) is 3.52. The van der Waals surface area contributed by atoms with Gasteiger partial charge < -0.3 is 15.7 Å². The van der Waals surface area contributed by atoms with Crippen molar-refractivity contribution in [1.82, 2.24) is 14.7 Å². The molecule has 0 atom stereocenters. The Hall–Kier alpha value is -1.56. The third-order valence-corrected chi connectivity index (χ3v) is 2.27. The topological polar surface area (TPSA) is 84.4 Å². The van der Waals surface area contributed by atoms with Crippen molar-refractivity contribution < 1.29 is 9.90 Å². The maximum atomic E-state index is 11.8.